The summed E-state index contributed by atoms with van der Waals surface area (Å²) >= 11 is 1.63. The van der Waals surface area contributed by atoms with E-state index in [-0.39, 0.29) is 30.1 Å². The Hall–Kier alpha value is -1.19. The van der Waals surface area contributed by atoms with Crippen LogP contribution in [0.4, 0.5) is 5.69 Å². The van der Waals surface area contributed by atoms with Gasteiger partial charge in [-0.2, -0.15) is 0 Å². The van der Waals surface area contributed by atoms with Crippen molar-refractivity contribution in [3.8, 4) is 0 Å². The summed E-state index contributed by atoms with van der Waals surface area (Å²) in [5.41, 5.74) is 2.06. The maximum absolute atomic E-state index is 5.34. The number of nitrogens with one attached hydrogen (secondary N) is 1. The Bertz CT molecular complexity index is 686. The van der Waals surface area contributed by atoms with E-state index in [1.54, 1.807) is 18.4 Å². The molecule has 142 valence electrons. The highest BCUT2D eigenvalue weighted by molar-refractivity contribution is 14.0. The smallest absolute Gasteiger partial charge is 0.198 e. The number of methoxy groups -OCH3 is 1. The maximum atomic E-state index is 5.34. The van der Waals surface area contributed by atoms with Gasteiger partial charge in [-0.3, -0.25) is 0 Å². The van der Waals surface area contributed by atoms with Crippen LogP contribution in [-0.2, 0) is 11.3 Å². The lowest BCUT2D eigenvalue weighted by atomic mass is 10.1. The molecule has 1 aliphatic heterocycles. The Balaban J connectivity index is 0.00000243. The summed E-state index contributed by atoms with van der Waals surface area (Å²) in [6, 6.07) is 10.2. The normalized spacial score (nSPS) is 16.1. The number of likely N-dealkylation sites (tertiary alicyclic amines) is 1. The van der Waals surface area contributed by atoms with Crippen molar-refractivity contribution in [1.29, 1.82) is 0 Å². The van der Waals surface area contributed by atoms with Crippen LogP contribution in [0.15, 0.2) is 40.7 Å². The molecule has 26 heavy (non-hydrogen) atoms. The molecule has 0 spiro atoms. The largest absolute Gasteiger partial charge is 0.375 e. The fourth-order valence-electron chi connectivity index (χ4n) is 2.81. The van der Waals surface area contributed by atoms with E-state index < -0.39 is 0 Å². The number of aromatic nitrogens is 1. The number of guanidine groups is 1. The Morgan fingerprint density at radius 1 is 1.27 bits per heavy atom. The van der Waals surface area contributed by atoms with Gasteiger partial charge in [0, 0.05) is 31.3 Å². The van der Waals surface area contributed by atoms with Gasteiger partial charge in [-0.1, -0.05) is 18.2 Å². The van der Waals surface area contributed by atoms with Crippen molar-refractivity contribution in [1.82, 2.24) is 9.88 Å². The highest BCUT2D eigenvalue weighted by atomic mass is 127. The van der Waals surface area contributed by atoms with Crippen LogP contribution in [-0.4, -0.2) is 36.0 Å². The molecule has 0 saturated carbocycles. The average molecular weight is 486 g/mol. The first-order valence-corrected chi connectivity index (χ1v) is 9.73. The number of anilines is 1. The summed E-state index contributed by atoms with van der Waals surface area (Å²) in [4.78, 5) is 11.8. The van der Waals surface area contributed by atoms with Crippen LogP contribution in [0, 0.1) is 0 Å². The third-order valence-electron chi connectivity index (χ3n) is 4.35. The molecule has 1 fully saturated rings. The number of piperidine rings is 1. The van der Waals surface area contributed by atoms with Crippen LogP contribution in [0.1, 0.15) is 43.0 Å². The molecule has 0 bridgehead atoms. The summed E-state index contributed by atoms with van der Waals surface area (Å²) in [6.07, 6.45) is 3.79. The Kier molecular flexibility index (Phi) is 8.80. The molecule has 1 atom stereocenters. The number of aliphatic imine (C=N–C) groups is 1. The number of hydrogen-bond donors (Lipinski definition) is 1. The first-order chi connectivity index (χ1) is 12.3. The Morgan fingerprint density at radius 3 is 2.69 bits per heavy atom. The topological polar surface area (TPSA) is 49.8 Å². The standard InChI is InChI=1S/C19H26N4OS.HI/c1-15(24-2)18-21-17(14-25-18)13-20-19(23-11-7-4-8-12-23)22-16-9-5-3-6-10-16;/h3,5-6,9-10,14-15H,4,7-8,11-13H2,1-2H3,(H,20,22);1H. The minimum atomic E-state index is 0. The SMILES string of the molecule is COC(C)c1nc(CN=C(Nc2ccccc2)N2CCCCC2)cs1.I. The predicted molar refractivity (Wildman–Crippen MR) is 120 cm³/mol. The average Bonchev–Trinajstić information content (AvgIpc) is 3.15. The Morgan fingerprint density at radius 2 is 2.00 bits per heavy atom. The second-order valence-electron chi connectivity index (χ2n) is 6.23. The molecular formula is C19H27IN4OS. The summed E-state index contributed by atoms with van der Waals surface area (Å²) < 4.78 is 5.34. The summed E-state index contributed by atoms with van der Waals surface area (Å²) in [5.74, 6) is 0.945. The first-order valence-electron chi connectivity index (χ1n) is 8.85. The number of ether oxygens (including phenoxy) is 1. The van der Waals surface area contributed by atoms with Crippen molar-refractivity contribution in [3.05, 3.63) is 46.4 Å². The second kappa shape index (κ2) is 10.8. The highest BCUT2D eigenvalue weighted by Crippen LogP contribution is 2.21. The lowest BCUT2D eigenvalue weighted by Gasteiger charge is -2.30. The van der Waals surface area contributed by atoms with Gasteiger partial charge >= 0.3 is 0 Å². The Labute approximate surface area is 176 Å². The number of benzene rings is 1. The van der Waals surface area contributed by atoms with Crippen molar-refractivity contribution in [2.75, 3.05) is 25.5 Å². The number of rotatable bonds is 5. The molecule has 3 rings (SSSR count). The molecule has 2 heterocycles. The van der Waals surface area contributed by atoms with E-state index >= 15 is 0 Å². The minimum absolute atomic E-state index is 0. The fourth-order valence-corrected chi connectivity index (χ4v) is 3.66. The molecule has 1 aromatic heterocycles. The van der Waals surface area contributed by atoms with Gasteiger partial charge in [0.1, 0.15) is 11.1 Å². The van der Waals surface area contributed by atoms with Gasteiger partial charge in [0.25, 0.3) is 0 Å². The van der Waals surface area contributed by atoms with Crippen LogP contribution in [0.2, 0.25) is 0 Å². The molecule has 1 saturated heterocycles. The van der Waals surface area contributed by atoms with Crippen molar-refractivity contribution < 1.29 is 4.74 Å². The predicted octanol–water partition coefficient (Wildman–Crippen LogP) is 4.92. The molecule has 1 N–H and O–H groups in total. The van der Waals surface area contributed by atoms with Gasteiger partial charge in [0.05, 0.1) is 12.2 Å². The zero-order valence-corrected chi connectivity index (χ0v) is 18.5. The highest BCUT2D eigenvalue weighted by Gasteiger charge is 2.15. The number of para-hydroxylation sites is 1. The third kappa shape index (κ3) is 5.92. The van der Waals surface area contributed by atoms with E-state index in [9.17, 15) is 0 Å². The van der Waals surface area contributed by atoms with E-state index in [1.165, 1.54) is 19.3 Å². The number of hydrogen-bond acceptors (Lipinski definition) is 4. The van der Waals surface area contributed by atoms with Gasteiger partial charge in [-0.05, 0) is 38.3 Å². The fraction of sp³-hybridized carbons (Fsp3) is 0.474. The van der Waals surface area contributed by atoms with Gasteiger partial charge in [0.2, 0.25) is 0 Å². The van der Waals surface area contributed by atoms with Crippen molar-refractivity contribution in [2.45, 2.75) is 38.8 Å². The summed E-state index contributed by atoms with van der Waals surface area (Å²) in [6.45, 7) is 4.71. The molecular weight excluding hydrogens is 459 g/mol. The monoisotopic (exact) mass is 486 g/mol. The lowest BCUT2D eigenvalue weighted by Crippen LogP contribution is -2.40. The second-order valence-corrected chi connectivity index (χ2v) is 7.12. The van der Waals surface area contributed by atoms with Gasteiger partial charge in [0.15, 0.2) is 5.96 Å². The number of thiazole rings is 1. The third-order valence-corrected chi connectivity index (χ3v) is 5.40. The molecule has 0 aliphatic carbocycles. The minimum Gasteiger partial charge on any atom is -0.375 e. The van der Waals surface area contributed by atoms with E-state index in [1.807, 2.05) is 25.1 Å². The van der Waals surface area contributed by atoms with Gasteiger partial charge < -0.3 is 15.0 Å². The zero-order valence-electron chi connectivity index (χ0n) is 15.4. The van der Waals surface area contributed by atoms with Gasteiger partial charge in [-0.15, -0.1) is 35.3 Å². The van der Waals surface area contributed by atoms with Crippen LogP contribution in [0.3, 0.4) is 0 Å². The molecule has 1 aliphatic rings. The molecule has 5 nitrogen and oxygen atoms in total. The van der Waals surface area contributed by atoms with Gasteiger partial charge in [-0.25, -0.2) is 9.98 Å². The number of halogens is 1. The number of nitrogens with zero attached hydrogens (tertiary/aromatic N) is 3. The maximum Gasteiger partial charge on any atom is 0.198 e. The first kappa shape index (κ1) is 21.1. The van der Waals surface area contributed by atoms with E-state index in [0.717, 1.165) is 35.4 Å². The van der Waals surface area contributed by atoms with E-state index in [2.05, 4.69) is 32.7 Å². The quantitative estimate of drug-likeness (QED) is 0.370. The molecule has 0 radical (unpaired) electrons. The summed E-state index contributed by atoms with van der Waals surface area (Å²) in [7, 11) is 1.71. The van der Waals surface area contributed by atoms with Crippen molar-refractivity contribution in [3.63, 3.8) is 0 Å². The van der Waals surface area contributed by atoms with Crippen molar-refractivity contribution in [2.24, 2.45) is 4.99 Å². The van der Waals surface area contributed by atoms with Crippen LogP contribution < -0.4 is 5.32 Å². The molecule has 2 aromatic rings. The van der Waals surface area contributed by atoms with Crippen LogP contribution in [0.5, 0.6) is 0 Å². The molecule has 0 amide bonds. The van der Waals surface area contributed by atoms with Crippen molar-refractivity contribution >= 4 is 47.0 Å². The molecule has 1 unspecified atom stereocenters. The van der Waals surface area contributed by atoms with Crippen LogP contribution in [0.25, 0.3) is 0 Å². The van der Waals surface area contributed by atoms with E-state index in [4.69, 9.17) is 9.73 Å². The summed E-state index contributed by atoms with van der Waals surface area (Å²) in [5, 5.41) is 6.56. The molecule has 7 heteroatoms. The molecule has 1 aromatic carbocycles. The zero-order chi connectivity index (χ0) is 17.5. The van der Waals surface area contributed by atoms with Crippen LogP contribution >= 0.6 is 35.3 Å². The van der Waals surface area contributed by atoms with E-state index in [0.29, 0.717) is 6.54 Å². The lowest BCUT2D eigenvalue weighted by molar-refractivity contribution is 0.119.